The van der Waals surface area contributed by atoms with Crippen LogP contribution in [0.3, 0.4) is 0 Å². The van der Waals surface area contributed by atoms with Crippen LogP contribution in [0.2, 0.25) is 5.02 Å². The molecule has 1 aliphatic heterocycles. The molecule has 2 atom stereocenters. The average Bonchev–Trinajstić information content (AvgIpc) is 3.20. The molecule has 0 bridgehead atoms. The second kappa shape index (κ2) is 5.88. The number of nitrogens with one attached hydrogen (secondary N) is 1. The van der Waals surface area contributed by atoms with Crippen molar-refractivity contribution in [2.24, 2.45) is 0 Å². The third-order valence-electron chi connectivity index (χ3n) is 3.78. The van der Waals surface area contributed by atoms with Crippen LogP contribution in [0.25, 0.3) is 0 Å². The monoisotopic (exact) mass is 295 g/mol. The second-order valence-electron chi connectivity index (χ2n) is 5.92. The zero-order valence-corrected chi connectivity index (χ0v) is 12.9. The standard InChI is InChI=1S/C15H22ClN3O/c1-10-8-19(9-11(2)20-10)15-6-5-13(16)14(18-15)7-17-12-3-4-12/h5-6,10-12,17H,3-4,7-9H2,1-2H3/t10-,11+. The first-order valence-corrected chi connectivity index (χ1v) is 7.79. The fourth-order valence-corrected chi connectivity index (χ4v) is 2.84. The normalized spacial score (nSPS) is 26.9. The smallest absolute Gasteiger partial charge is 0.129 e. The van der Waals surface area contributed by atoms with Gasteiger partial charge < -0.3 is 15.0 Å². The molecule has 1 N–H and O–H groups in total. The Hall–Kier alpha value is -0.840. The van der Waals surface area contributed by atoms with Crippen molar-refractivity contribution >= 4 is 17.4 Å². The summed E-state index contributed by atoms with van der Waals surface area (Å²) in [4.78, 5) is 7.03. The summed E-state index contributed by atoms with van der Waals surface area (Å²) in [6.07, 6.45) is 3.03. The number of hydrogen-bond donors (Lipinski definition) is 1. The molecule has 0 unspecified atom stereocenters. The molecule has 2 fully saturated rings. The van der Waals surface area contributed by atoms with Crippen LogP contribution >= 0.6 is 11.6 Å². The van der Waals surface area contributed by atoms with Crippen LogP contribution < -0.4 is 10.2 Å². The second-order valence-corrected chi connectivity index (χ2v) is 6.32. The first kappa shape index (κ1) is 14.1. The highest BCUT2D eigenvalue weighted by Gasteiger charge is 2.24. The minimum atomic E-state index is 0.240. The summed E-state index contributed by atoms with van der Waals surface area (Å²) < 4.78 is 5.77. The van der Waals surface area contributed by atoms with Gasteiger partial charge in [0.2, 0.25) is 0 Å². The molecule has 1 saturated heterocycles. The van der Waals surface area contributed by atoms with Gasteiger partial charge in [0.15, 0.2) is 0 Å². The van der Waals surface area contributed by atoms with E-state index >= 15 is 0 Å². The number of anilines is 1. The Morgan fingerprint density at radius 2 is 2.00 bits per heavy atom. The highest BCUT2D eigenvalue weighted by molar-refractivity contribution is 6.31. The summed E-state index contributed by atoms with van der Waals surface area (Å²) in [5.41, 5.74) is 0.947. The van der Waals surface area contributed by atoms with E-state index in [0.717, 1.165) is 36.2 Å². The van der Waals surface area contributed by atoms with Gasteiger partial charge in [0.25, 0.3) is 0 Å². The van der Waals surface area contributed by atoms with Gasteiger partial charge in [0, 0.05) is 25.7 Å². The number of hydrogen-bond acceptors (Lipinski definition) is 4. The molecule has 20 heavy (non-hydrogen) atoms. The number of pyridine rings is 1. The fraction of sp³-hybridized carbons (Fsp3) is 0.667. The minimum absolute atomic E-state index is 0.240. The number of halogens is 1. The van der Waals surface area contributed by atoms with Crippen LogP contribution in [0, 0.1) is 0 Å². The largest absolute Gasteiger partial charge is 0.372 e. The van der Waals surface area contributed by atoms with Crippen molar-refractivity contribution in [2.75, 3.05) is 18.0 Å². The molecule has 1 aromatic heterocycles. The lowest BCUT2D eigenvalue weighted by Gasteiger charge is -2.36. The van der Waals surface area contributed by atoms with Gasteiger partial charge in [-0.1, -0.05) is 11.6 Å². The van der Waals surface area contributed by atoms with Crippen LogP contribution in [-0.2, 0) is 11.3 Å². The SMILES string of the molecule is C[C@@H]1CN(c2ccc(Cl)c(CNC3CC3)n2)C[C@H](C)O1. The van der Waals surface area contributed by atoms with Crippen molar-refractivity contribution in [2.45, 2.75) is 51.5 Å². The molecule has 3 rings (SSSR count). The van der Waals surface area contributed by atoms with Crippen molar-refractivity contribution in [3.63, 3.8) is 0 Å². The molecule has 0 spiro atoms. The zero-order valence-electron chi connectivity index (χ0n) is 12.1. The van der Waals surface area contributed by atoms with E-state index in [0.29, 0.717) is 6.04 Å². The molecule has 0 aromatic carbocycles. The lowest BCUT2D eigenvalue weighted by molar-refractivity contribution is -0.00546. The van der Waals surface area contributed by atoms with Crippen LogP contribution in [0.4, 0.5) is 5.82 Å². The number of aromatic nitrogens is 1. The highest BCUT2D eigenvalue weighted by atomic mass is 35.5. The molecule has 4 nitrogen and oxygen atoms in total. The summed E-state index contributed by atoms with van der Waals surface area (Å²) in [7, 11) is 0. The van der Waals surface area contributed by atoms with Crippen molar-refractivity contribution in [3.05, 3.63) is 22.8 Å². The highest BCUT2D eigenvalue weighted by Crippen LogP contribution is 2.24. The first-order chi connectivity index (χ1) is 9.61. The Morgan fingerprint density at radius 3 is 2.65 bits per heavy atom. The lowest BCUT2D eigenvalue weighted by Crippen LogP contribution is -2.45. The van der Waals surface area contributed by atoms with Gasteiger partial charge in [0.05, 0.1) is 22.9 Å². The molecule has 5 heteroatoms. The zero-order chi connectivity index (χ0) is 14.1. The topological polar surface area (TPSA) is 37.4 Å². The van der Waals surface area contributed by atoms with Crippen molar-refractivity contribution in [3.8, 4) is 0 Å². The molecule has 1 aliphatic carbocycles. The molecule has 2 heterocycles. The van der Waals surface area contributed by atoms with E-state index in [1.165, 1.54) is 12.8 Å². The third kappa shape index (κ3) is 3.43. The van der Waals surface area contributed by atoms with E-state index in [9.17, 15) is 0 Å². The van der Waals surface area contributed by atoms with Crippen LogP contribution in [0.1, 0.15) is 32.4 Å². The maximum atomic E-state index is 6.25. The number of morpholine rings is 1. The van der Waals surface area contributed by atoms with Crippen molar-refractivity contribution in [1.29, 1.82) is 0 Å². The number of rotatable bonds is 4. The summed E-state index contributed by atoms with van der Waals surface area (Å²) in [6.45, 7) is 6.73. The Balaban J connectivity index is 1.73. The molecule has 0 radical (unpaired) electrons. The Kier molecular flexibility index (Phi) is 4.15. The van der Waals surface area contributed by atoms with Crippen LogP contribution in [-0.4, -0.2) is 36.3 Å². The van der Waals surface area contributed by atoms with E-state index < -0.39 is 0 Å². The van der Waals surface area contributed by atoms with Gasteiger partial charge in [-0.2, -0.15) is 0 Å². The quantitative estimate of drug-likeness (QED) is 0.926. The lowest BCUT2D eigenvalue weighted by atomic mass is 10.2. The van der Waals surface area contributed by atoms with Gasteiger partial charge in [0.1, 0.15) is 5.82 Å². The Labute approximate surface area is 125 Å². The average molecular weight is 296 g/mol. The summed E-state index contributed by atoms with van der Waals surface area (Å²) in [5, 5.41) is 4.22. The van der Waals surface area contributed by atoms with Gasteiger partial charge in [-0.15, -0.1) is 0 Å². The van der Waals surface area contributed by atoms with Crippen LogP contribution in [0.15, 0.2) is 12.1 Å². The van der Waals surface area contributed by atoms with Gasteiger partial charge in [-0.25, -0.2) is 4.98 Å². The fourth-order valence-electron chi connectivity index (χ4n) is 2.67. The molecular weight excluding hydrogens is 274 g/mol. The van der Waals surface area contributed by atoms with Crippen LogP contribution in [0.5, 0.6) is 0 Å². The Morgan fingerprint density at radius 1 is 1.30 bits per heavy atom. The van der Waals surface area contributed by atoms with E-state index in [4.69, 9.17) is 21.3 Å². The molecule has 1 aromatic rings. The van der Waals surface area contributed by atoms with Gasteiger partial charge >= 0.3 is 0 Å². The number of ether oxygens (including phenoxy) is 1. The maximum Gasteiger partial charge on any atom is 0.129 e. The molecule has 0 amide bonds. The number of nitrogens with zero attached hydrogens (tertiary/aromatic N) is 2. The molecular formula is C15H22ClN3O. The van der Waals surface area contributed by atoms with E-state index in [2.05, 4.69) is 24.1 Å². The van der Waals surface area contributed by atoms with E-state index in [-0.39, 0.29) is 12.2 Å². The molecule has 110 valence electrons. The predicted molar refractivity (Wildman–Crippen MR) is 81.3 cm³/mol. The third-order valence-corrected chi connectivity index (χ3v) is 4.13. The summed E-state index contributed by atoms with van der Waals surface area (Å²) in [5.74, 6) is 1.00. The first-order valence-electron chi connectivity index (χ1n) is 7.41. The summed E-state index contributed by atoms with van der Waals surface area (Å²) in [6, 6.07) is 4.63. The predicted octanol–water partition coefficient (Wildman–Crippen LogP) is 2.60. The summed E-state index contributed by atoms with van der Waals surface area (Å²) >= 11 is 6.25. The van der Waals surface area contributed by atoms with Gasteiger partial charge in [-0.05, 0) is 38.8 Å². The molecule has 2 aliphatic rings. The van der Waals surface area contributed by atoms with E-state index in [1.54, 1.807) is 0 Å². The van der Waals surface area contributed by atoms with E-state index in [1.807, 2.05) is 12.1 Å². The minimum Gasteiger partial charge on any atom is -0.372 e. The molecule has 1 saturated carbocycles. The van der Waals surface area contributed by atoms with Crippen molar-refractivity contribution in [1.82, 2.24) is 10.3 Å². The maximum absolute atomic E-state index is 6.25. The Bertz CT molecular complexity index is 468. The van der Waals surface area contributed by atoms with Crippen molar-refractivity contribution < 1.29 is 4.74 Å². The van der Waals surface area contributed by atoms with Gasteiger partial charge in [-0.3, -0.25) is 0 Å².